The van der Waals surface area contributed by atoms with Crippen molar-refractivity contribution in [2.45, 2.75) is 6.54 Å². The average Bonchev–Trinajstić information content (AvgIpc) is 2.87. The van der Waals surface area contributed by atoms with Gasteiger partial charge in [0.15, 0.2) is 5.96 Å². The molecule has 1 aliphatic heterocycles. The van der Waals surface area contributed by atoms with Gasteiger partial charge in [0.2, 0.25) is 11.9 Å². The second-order valence-electron chi connectivity index (χ2n) is 7.84. The third-order valence-corrected chi connectivity index (χ3v) is 5.44. The van der Waals surface area contributed by atoms with Gasteiger partial charge in [-0.3, -0.25) is 4.79 Å². The Hall–Kier alpha value is -4.67. The zero-order valence-corrected chi connectivity index (χ0v) is 19.2. The zero-order valence-electron chi connectivity index (χ0n) is 19.2. The van der Waals surface area contributed by atoms with E-state index in [9.17, 15) is 9.59 Å². The Labute approximate surface area is 202 Å². The molecule has 35 heavy (non-hydrogen) atoms. The fraction of sp³-hybridized carbons (Fsp3) is 0.208. The van der Waals surface area contributed by atoms with Crippen LogP contribution in [0.2, 0.25) is 0 Å². The number of guanidine groups is 1. The maximum atomic E-state index is 12.8. The summed E-state index contributed by atoms with van der Waals surface area (Å²) >= 11 is 0. The van der Waals surface area contributed by atoms with Crippen molar-refractivity contribution in [2.75, 3.05) is 36.5 Å². The number of aliphatic imine (C=N–C) groups is 1. The Morgan fingerprint density at radius 3 is 2.57 bits per heavy atom. The topological polar surface area (TPSA) is 152 Å². The number of hydrogen-bond donors (Lipinski definition) is 3. The molecule has 0 saturated carbocycles. The van der Waals surface area contributed by atoms with Gasteiger partial charge < -0.3 is 31.3 Å². The largest absolute Gasteiger partial charge is 0.497 e. The maximum absolute atomic E-state index is 12.8. The minimum absolute atomic E-state index is 0.0346. The van der Waals surface area contributed by atoms with Crippen LogP contribution < -0.4 is 31.3 Å². The molecule has 0 aliphatic carbocycles. The number of ether oxygens (including phenoxy) is 1. The van der Waals surface area contributed by atoms with E-state index in [4.69, 9.17) is 16.2 Å². The molecule has 2 heterocycles. The van der Waals surface area contributed by atoms with Gasteiger partial charge in [0.25, 0.3) is 0 Å². The lowest BCUT2D eigenvalue weighted by Crippen LogP contribution is -2.51. The summed E-state index contributed by atoms with van der Waals surface area (Å²) in [6.07, 6.45) is 3.44. The fourth-order valence-corrected chi connectivity index (χ4v) is 3.72. The highest BCUT2D eigenvalue weighted by Crippen LogP contribution is 2.24. The Morgan fingerprint density at radius 2 is 1.86 bits per heavy atom. The standard InChI is InChI=1S/C24H26N8O3/c1-35-20-7-3-6-19(11-20)32-9-8-31(15-21(32)33)23-27-13-18(14-28-23)17-5-2-4-16(10-17)12-29-24(34)30-22(25)26/h2-7,10-11,13-14H,8-9,12,15H2,1H3,(H5,25,26,29,30,34). The quantitative estimate of drug-likeness (QED) is 0.359. The van der Waals surface area contributed by atoms with Gasteiger partial charge in [-0.2, -0.15) is 4.99 Å². The van der Waals surface area contributed by atoms with Crippen LogP contribution in [0.3, 0.4) is 0 Å². The molecule has 0 bridgehead atoms. The molecular weight excluding hydrogens is 448 g/mol. The fourth-order valence-electron chi connectivity index (χ4n) is 3.72. The number of amides is 3. The number of nitrogens with zero attached hydrogens (tertiary/aromatic N) is 5. The molecule has 0 unspecified atom stereocenters. The molecule has 1 fully saturated rings. The van der Waals surface area contributed by atoms with Gasteiger partial charge in [-0.15, -0.1) is 0 Å². The molecular formula is C24H26N8O3. The van der Waals surface area contributed by atoms with E-state index in [2.05, 4.69) is 20.3 Å². The number of nitrogens with two attached hydrogens (primary N) is 2. The maximum Gasteiger partial charge on any atom is 0.344 e. The van der Waals surface area contributed by atoms with Crippen LogP contribution in [0.1, 0.15) is 5.56 Å². The molecule has 0 radical (unpaired) electrons. The van der Waals surface area contributed by atoms with Crippen LogP contribution in [-0.4, -0.2) is 54.6 Å². The van der Waals surface area contributed by atoms with E-state index in [0.717, 1.165) is 22.4 Å². The molecule has 11 heteroatoms. The number of aromatic nitrogens is 2. The Morgan fingerprint density at radius 1 is 1.09 bits per heavy atom. The number of carbonyl (C=O) groups excluding carboxylic acids is 2. The monoisotopic (exact) mass is 474 g/mol. The zero-order chi connectivity index (χ0) is 24.8. The summed E-state index contributed by atoms with van der Waals surface area (Å²) in [6.45, 7) is 1.57. The Kier molecular flexibility index (Phi) is 7.05. The van der Waals surface area contributed by atoms with Crippen molar-refractivity contribution < 1.29 is 14.3 Å². The van der Waals surface area contributed by atoms with E-state index < -0.39 is 6.03 Å². The first-order valence-corrected chi connectivity index (χ1v) is 10.9. The summed E-state index contributed by atoms with van der Waals surface area (Å²) in [7, 11) is 1.60. The van der Waals surface area contributed by atoms with Crippen molar-refractivity contribution in [3.63, 3.8) is 0 Å². The van der Waals surface area contributed by atoms with Gasteiger partial charge in [-0.05, 0) is 29.3 Å². The van der Waals surface area contributed by atoms with E-state index >= 15 is 0 Å². The molecule has 5 N–H and O–H groups in total. The number of hydrogen-bond acceptors (Lipinski definition) is 6. The highest BCUT2D eigenvalue weighted by molar-refractivity contribution is 5.97. The van der Waals surface area contributed by atoms with Crippen molar-refractivity contribution in [1.82, 2.24) is 15.3 Å². The van der Waals surface area contributed by atoms with E-state index in [1.54, 1.807) is 24.4 Å². The average molecular weight is 475 g/mol. The van der Waals surface area contributed by atoms with Gasteiger partial charge >= 0.3 is 6.03 Å². The molecule has 1 aromatic heterocycles. The highest BCUT2D eigenvalue weighted by atomic mass is 16.5. The molecule has 3 aromatic rings. The van der Waals surface area contributed by atoms with Gasteiger partial charge in [0, 0.05) is 49.3 Å². The van der Waals surface area contributed by atoms with E-state index in [-0.39, 0.29) is 25.0 Å². The summed E-state index contributed by atoms with van der Waals surface area (Å²) in [6, 6.07) is 14.4. The number of nitrogens with one attached hydrogen (secondary N) is 1. The van der Waals surface area contributed by atoms with Gasteiger partial charge in [0.1, 0.15) is 12.3 Å². The first kappa shape index (κ1) is 23.5. The number of piperazine rings is 1. The van der Waals surface area contributed by atoms with E-state index in [1.165, 1.54) is 0 Å². The summed E-state index contributed by atoms with van der Waals surface area (Å²) in [4.78, 5) is 40.4. The Balaban J connectivity index is 1.40. The van der Waals surface area contributed by atoms with Gasteiger partial charge in [-0.25, -0.2) is 14.8 Å². The van der Waals surface area contributed by atoms with Crippen LogP contribution in [0, 0.1) is 0 Å². The lowest BCUT2D eigenvalue weighted by Gasteiger charge is -2.34. The SMILES string of the molecule is COc1cccc(N2CCN(c3ncc(-c4cccc(CNC(=O)N=C(N)N)c4)cn3)CC2=O)c1. The molecule has 1 saturated heterocycles. The molecule has 1 aliphatic rings. The molecule has 11 nitrogen and oxygen atoms in total. The van der Waals surface area contributed by atoms with Crippen LogP contribution in [-0.2, 0) is 11.3 Å². The number of rotatable bonds is 6. The lowest BCUT2D eigenvalue weighted by atomic mass is 10.1. The van der Waals surface area contributed by atoms with Crippen LogP contribution in [0.4, 0.5) is 16.4 Å². The molecule has 2 aromatic carbocycles. The highest BCUT2D eigenvalue weighted by Gasteiger charge is 2.26. The number of urea groups is 1. The molecule has 0 atom stereocenters. The second kappa shape index (κ2) is 10.5. The van der Waals surface area contributed by atoms with Crippen LogP contribution in [0.15, 0.2) is 65.9 Å². The molecule has 180 valence electrons. The van der Waals surface area contributed by atoms with Crippen molar-refractivity contribution >= 4 is 29.5 Å². The minimum atomic E-state index is -0.607. The van der Waals surface area contributed by atoms with Crippen molar-refractivity contribution in [3.8, 4) is 16.9 Å². The van der Waals surface area contributed by atoms with Crippen molar-refractivity contribution in [3.05, 3.63) is 66.5 Å². The first-order valence-electron chi connectivity index (χ1n) is 10.9. The number of methoxy groups -OCH3 is 1. The van der Waals surface area contributed by atoms with Gasteiger partial charge in [0.05, 0.1) is 7.11 Å². The van der Waals surface area contributed by atoms with Crippen LogP contribution in [0.5, 0.6) is 5.75 Å². The summed E-state index contributed by atoms with van der Waals surface area (Å²) < 4.78 is 5.26. The normalized spacial score (nSPS) is 13.3. The lowest BCUT2D eigenvalue weighted by molar-refractivity contribution is -0.117. The number of carbonyl (C=O) groups is 2. The smallest absolute Gasteiger partial charge is 0.344 e. The molecule has 0 spiro atoms. The van der Waals surface area contributed by atoms with Crippen molar-refractivity contribution in [2.24, 2.45) is 16.5 Å². The summed E-state index contributed by atoms with van der Waals surface area (Å²) in [5.41, 5.74) is 13.8. The van der Waals surface area contributed by atoms with E-state index in [1.807, 2.05) is 53.4 Å². The predicted octanol–water partition coefficient (Wildman–Crippen LogP) is 1.49. The number of anilines is 2. The predicted molar refractivity (Wildman–Crippen MR) is 133 cm³/mol. The summed E-state index contributed by atoms with van der Waals surface area (Å²) in [5, 5.41) is 2.62. The third kappa shape index (κ3) is 5.82. The van der Waals surface area contributed by atoms with Crippen LogP contribution in [0.25, 0.3) is 11.1 Å². The first-order chi connectivity index (χ1) is 16.9. The number of benzene rings is 2. The minimum Gasteiger partial charge on any atom is -0.497 e. The Bertz CT molecular complexity index is 1240. The van der Waals surface area contributed by atoms with Crippen LogP contribution >= 0.6 is 0 Å². The third-order valence-electron chi connectivity index (χ3n) is 5.44. The van der Waals surface area contributed by atoms with E-state index in [0.29, 0.717) is 24.8 Å². The molecule has 3 amide bonds. The van der Waals surface area contributed by atoms with Gasteiger partial charge in [-0.1, -0.05) is 24.3 Å². The molecule has 4 rings (SSSR count). The second-order valence-corrected chi connectivity index (χ2v) is 7.84. The van der Waals surface area contributed by atoms with Crippen molar-refractivity contribution in [1.29, 1.82) is 0 Å². The summed E-state index contributed by atoms with van der Waals surface area (Å²) in [5.74, 6) is 0.870.